The number of hydrogen-bond donors (Lipinski definition) is 0. The lowest BCUT2D eigenvalue weighted by atomic mass is 9.90. The van der Waals surface area contributed by atoms with Gasteiger partial charge in [0.25, 0.3) is 0 Å². The molecule has 0 aromatic rings. The van der Waals surface area contributed by atoms with Gasteiger partial charge in [-0.3, -0.25) is 0 Å². The molecule has 1 rings (SSSR count). The highest BCUT2D eigenvalue weighted by Gasteiger charge is 2.53. The largest absolute Gasteiger partial charge is 0.319 e. The van der Waals surface area contributed by atoms with Gasteiger partial charge in [0.05, 0.1) is 25.2 Å². The second-order valence-corrected chi connectivity index (χ2v) is 6.29. The number of hydrogen-bond acceptors (Lipinski definition) is 0. The quantitative estimate of drug-likeness (QED) is 0.634. The topological polar surface area (TPSA) is 0 Å². The molecule has 1 fully saturated rings. The Bertz CT molecular complexity index is 225. The molecule has 0 aromatic carbocycles. The molecule has 0 spiro atoms. The van der Waals surface area contributed by atoms with Crippen LogP contribution in [0.5, 0.6) is 0 Å². The Balaban J connectivity index is 2.98. The van der Waals surface area contributed by atoms with Gasteiger partial charge < -0.3 is 4.48 Å². The second kappa shape index (κ2) is 5.08. The Labute approximate surface area is 103 Å². The van der Waals surface area contributed by atoms with Crippen molar-refractivity contribution in [2.24, 2.45) is 11.8 Å². The molecule has 0 radical (unpaired) electrons. The van der Waals surface area contributed by atoms with Crippen molar-refractivity contribution in [3.8, 4) is 0 Å². The molecule has 96 valence electrons. The highest BCUT2D eigenvalue weighted by molar-refractivity contribution is 4.85. The summed E-state index contributed by atoms with van der Waals surface area (Å²) in [7, 11) is 2.51. The van der Waals surface area contributed by atoms with Crippen LogP contribution in [0.1, 0.15) is 60.8 Å². The molecule has 1 saturated heterocycles. The lowest BCUT2D eigenvalue weighted by molar-refractivity contribution is -0.965. The lowest BCUT2D eigenvalue weighted by Gasteiger charge is -2.46. The molecule has 0 saturated carbocycles. The van der Waals surface area contributed by atoms with E-state index in [9.17, 15) is 0 Å². The summed E-state index contributed by atoms with van der Waals surface area (Å²) in [5, 5.41) is 0. The van der Waals surface area contributed by atoms with Crippen LogP contribution in [0.2, 0.25) is 0 Å². The Hall–Kier alpha value is -0.0400. The van der Waals surface area contributed by atoms with E-state index in [-0.39, 0.29) is 0 Å². The zero-order chi connectivity index (χ0) is 12.5. The summed E-state index contributed by atoms with van der Waals surface area (Å²) < 4.78 is 1.31. The summed E-state index contributed by atoms with van der Waals surface area (Å²) in [6, 6.07) is 2.50. The van der Waals surface area contributed by atoms with Crippen LogP contribution in [0, 0.1) is 11.8 Å². The van der Waals surface area contributed by atoms with Crippen molar-refractivity contribution in [1.82, 2.24) is 0 Å². The van der Waals surface area contributed by atoms with Gasteiger partial charge in [-0.05, 0) is 26.7 Å². The second-order valence-electron chi connectivity index (χ2n) is 6.29. The van der Waals surface area contributed by atoms with Crippen LogP contribution in [0.3, 0.4) is 0 Å². The Morgan fingerprint density at radius 2 is 1.62 bits per heavy atom. The summed E-state index contributed by atoms with van der Waals surface area (Å²) in [5.41, 5.74) is 0. The average Bonchev–Trinajstić information content (AvgIpc) is 2.42. The summed E-state index contributed by atoms with van der Waals surface area (Å²) >= 11 is 0. The third-order valence-corrected chi connectivity index (χ3v) is 5.86. The number of likely N-dealkylation sites (tertiary alicyclic amines) is 1. The van der Waals surface area contributed by atoms with E-state index in [0.29, 0.717) is 0 Å². The fourth-order valence-corrected chi connectivity index (χ4v) is 4.29. The van der Waals surface area contributed by atoms with Gasteiger partial charge in [0, 0.05) is 11.8 Å². The molecule has 1 nitrogen and oxygen atoms in total. The van der Waals surface area contributed by atoms with Crippen molar-refractivity contribution >= 4 is 0 Å². The molecule has 6 unspecified atom stereocenters. The van der Waals surface area contributed by atoms with E-state index in [1.807, 2.05) is 0 Å². The Morgan fingerprint density at radius 3 is 2.06 bits per heavy atom. The minimum Gasteiger partial charge on any atom is -0.319 e. The van der Waals surface area contributed by atoms with Crippen molar-refractivity contribution in [3.63, 3.8) is 0 Å². The van der Waals surface area contributed by atoms with Crippen LogP contribution >= 0.6 is 0 Å². The van der Waals surface area contributed by atoms with Gasteiger partial charge in [-0.2, -0.15) is 0 Å². The van der Waals surface area contributed by atoms with Gasteiger partial charge in [-0.1, -0.05) is 34.1 Å². The van der Waals surface area contributed by atoms with E-state index >= 15 is 0 Å². The van der Waals surface area contributed by atoms with E-state index in [1.54, 1.807) is 0 Å². The molecule has 0 amide bonds. The normalized spacial score (nSPS) is 45.9. The molecule has 0 aromatic heterocycles. The third-order valence-electron chi connectivity index (χ3n) is 5.86. The standard InChI is InChI=1S/C15H32N/c1-8-10-11(3)16(7)14(6)12(4)13(5)15(16)9-2/h11-15H,8-10H2,1-7H3/q+1. The van der Waals surface area contributed by atoms with Crippen LogP contribution in [0.25, 0.3) is 0 Å². The molecule has 1 aliphatic rings. The third kappa shape index (κ3) is 1.92. The fraction of sp³-hybridized carbons (Fsp3) is 1.00. The van der Waals surface area contributed by atoms with Crippen molar-refractivity contribution in [3.05, 3.63) is 0 Å². The molecule has 0 aliphatic carbocycles. The highest BCUT2D eigenvalue weighted by Crippen LogP contribution is 2.44. The molecule has 0 N–H and O–H groups in total. The van der Waals surface area contributed by atoms with Crippen molar-refractivity contribution < 1.29 is 4.48 Å². The Kier molecular flexibility index (Phi) is 4.45. The highest BCUT2D eigenvalue weighted by atomic mass is 15.4. The zero-order valence-corrected chi connectivity index (χ0v) is 12.5. The van der Waals surface area contributed by atoms with Crippen LogP contribution in [-0.2, 0) is 0 Å². The molecule has 0 bridgehead atoms. The van der Waals surface area contributed by atoms with Crippen molar-refractivity contribution in [2.75, 3.05) is 7.05 Å². The molecule has 1 heterocycles. The first-order chi connectivity index (χ1) is 7.41. The van der Waals surface area contributed by atoms with Crippen LogP contribution in [-0.4, -0.2) is 29.7 Å². The van der Waals surface area contributed by atoms with Gasteiger partial charge in [-0.25, -0.2) is 0 Å². The minimum atomic E-state index is 0.817. The van der Waals surface area contributed by atoms with Crippen LogP contribution < -0.4 is 0 Å². The summed E-state index contributed by atoms with van der Waals surface area (Å²) in [4.78, 5) is 0. The van der Waals surface area contributed by atoms with E-state index in [0.717, 1.165) is 30.0 Å². The van der Waals surface area contributed by atoms with E-state index in [4.69, 9.17) is 0 Å². The Morgan fingerprint density at radius 1 is 1.06 bits per heavy atom. The maximum absolute atomic E-state index is 2.51. The van der Waals surface area contributed by atoms with Crippen molar-refractivity contribution in [1.29, 1.82) is 0 Å². The number of quaternary nitrogens is 1. The summed E-state index contributed by atoms with van der Waals surface area (Å²) in [6.45, 7) is 14.6. The predicted octanol–water partition coefficient (Wildman–Crippen LogP) is 4.07. The van der Waals surface area contributed by atoms with Gasteiger partial charge in [0.15, 0.2) is 0 Å². The van der Waals surface area contributed by atoms with Gasteiger partial charge in [0.2, 0.25) is 0 Å². The van der Waals surface area contributed by atoms with E-state index < -0.39 is 0 Å². The van der Waals surface area contributed by atoms with Crippen molar-refractivity contribution in [2.45, 2.75) is 78.9 Å². The number of nitrogens with zero attached hydrogens (tertiary/aromatic N) is 1. The lowest BCUT2D eigenvalue weighted by Crippen LogP contribution is -2.58. The van der Waals surface area contributed by atoms with Gasteiger partial charge >= 0.3 is 0 Å². The van der Waals surface area contributed by atoms with Gasteiger partial charge in [0.1, 0.15) is 0 Å². The maximum atomic E-state index is 2.51. The zero-order valence-electron chi connectivity index (χ0n) is 12.5. The summed E-state index contributed by atoms with van der Waals surface area (Å²) in [5.74, 6) is 1.75. The smallest absolute Gasteiger partial charge is 0.0920 e. The van der Waals surface area contributed by atoms with Crippen LogP contribution in [0.15, 0.2) is 0 Å². The van der Waals surface area contributed by atoms with Crippen LogP contribution in [0.4, 0.5) is 0 Å². The predicted molar refractivity (Wildman–Crippen MR) is 72.4 cm³/mol. The molecule has 1 aliphatic heterocycles. The molecule has 16 heavy (non-hydrogen) atoms. The van der Waals surface area contributed by atoms with E-state index in [2.05, 4.69) is 48.6 Å². The number of rotatable bonds is 4. The first-order valence-electron chi connectivity index (χ1n) is 7.26. The molecule has 6 atom stereocenters. The molecular weight excluding hydrogens is 194 g/mol. The SMILES string of the molecule is CCCC(C)[N+]1(C)C(C)C(C)C(C)C1CC. The maximum Gasteiger partial charge on any atom is 0.0920 e. The fourth-order valence-electron chi connectivity index (χ4n) is 4.29. The van der Waals surface area contributed by atoms with Gasteiger partial charge in [-0.15, -0.1) is 0 Å². The molecule has 1 heteroatoms. The van der Waals surface area contributed by atoms with E-state index in [1.165, 1.54) is 23.7 Å². The minimum absolute atomic E-state index is 0.817. The average molecular weight is 226 g/mol. The summed E-state index contributed by atoms with van der Waals surface area (Å²) in [6.07, 6.45) is 4.03. The monoisotopic (exact) mass is 226 g/mol. The molecular formula is C15H32N+. The first-order valence-corrected chi connectivity index (χ1v) is 7.26. The first kappa shape index (κ1) is 14.0.